The third-order valence-corrected chi connectivity index (χ3v) is 22.7. The molecule has 12 saturated carbocycles. The van der Waals surface area contributed by atoms with E-state index in [1.807, 2.05) is 0 Å². The molecule has 0 aromatic heterocycles. The first-order chi connectivity index (χ1) is 28.2. The summed E-state index contributed by atoms with van der Waals surface area (Å²) in [5.74, 6) is 19.9. The Morgan fingerprint density at radius 3 is 1.31 bits per heavy atom. The van der Waals surface area contributed by atoms with Gasteiger partial charge in [0.05, 0.1) is 30.7 Å². The Morgan fingerprint density at radius 2 is 0.908 bits per heavy atom. The van der Waals surface area contributed by atoms with Crippen LogP contribution in [0.4, 0.5) is 0 Å². The van der Waals surface area contributed by atoms with E-state index in [9.17, 15) is 24.6 Å². The van der Waals surface area contributed by atoms with Gasteiger partial charge in [-0.25, -0.2) is 4.79 Å². The van der Waals surface area contributed by atoms with Crippen LogP contribution in [-0.2, 0) is 28.6 Å². The fourth-order valence-electron chi connectivity index (χ4n) is 20.3. The summed E-state index contributed by atoms with van der Waals surface area (Å²) in [6, 6.07) is 0. The van der Waals surface area contributed by atoms with E-state index in [-0.39, 0.29) is 87.0 Å². The summed E-state index contributed by atoms with van der Waals surface area (Å²) in [5, 5.41) is 19.3. The number of hydrogen-bond donors (Lipinski definition) is 2. The standard InChI is InChI=1S/C19H26O4.C18H28O3.C14H22O.6CH4/c1-8-9(2)12-7-11(8)16-10-5-13(17(12)16)14(6-10)18(20)23-15-3-4-22-19(15)21;1-8(19)7-21-18(20)15-5-11-4-14(15)17-13-6-12(16(11)17)9(2)10(13)3;1-6-7(2)10-5-9(6)13-8-3-11(14(10)13)12(15)4-8;;;;;;/h8-17H,3-7H2,1-2H3;8-17,19H,4-7H2,1-3H3;6-15H,3-5H2,1-2H3;6*1H4. The van der Waals surface area contributed by atoms with Crippen LogP contribution in [0, 0.1) is 154 Å². The smallest absolute Gasteiger partial charge is 0.347 e. The van der Waals surface area contributed by atoms with E-state index >= 15 is 0 Å². The highest BCUT2D eigenvalue weighted by molar-refractivity contribution is 5.82. The SMILES string of the molecule is C.C.C.C.C.C.CC(O)COC(=O)C1CC2CC1C1C3CC(C(C)C3C)C21.CC1C(C)C2CC1C1C3CC(C(=O)OC4CCOC4=O)C(C3)C21.CC1C(C)C2CC1C1C3CC(O)C(C3)C21. The number of aliphatic hydroxyl groups is 2. The molecule has 13 rings (SSSR count). The minimum Gasteiger partial charge on any atom is -0.463 e. The van der Waals surface area contributed by atoms with Crippen molar-refractivity contribution in [3.63, 3.8) is 0 Å². The second-order valence-electron chi connectivity index (χ2n) is 24.1. The fraction of sp³-hybridized carbons (Fsp3) is 0.947. The Bertz CT molecular complexity index is 1680. The number of ether oxygens (including phenoxy) is 3. The molecule has 0 aromatic carbocycles. The van der Waals surface area contributed by atoms with Gasteiger partial charge >= 0.3 is 17.9 Å². The zero-order valence-electron chi connectivity index (χ0n) is 37.1. The van der Waals surface area contributed by atoms with Gasteiger partial charge in [-0.2, -0.15) is 0 Å². The third-order valence-electron chi connectivity index (χ3n) is 22.7. The highest BCUT2D eigenvalue weighted by Crippen LogP contribution is 2.73. The predicted octanol–water partition coefficient (Wildman–Crippen LogP) is 11.7. The van der Waals surface area contributed by atoms with Gasteiger partial charge in [-0.05, 0) is 207 Å². The molecular weight excluding hydrogens is 813 g/mol. The van der Waals surface area contributed by atoms with Crippen LogP contribution in [0.3, 0.4) is 0 Å². The zero-order chi connectivity index (χ0) is 41.1. The molecule has 29 unspecified atom stereocenters. The Balaban J connectivity index is 0.000000178. The predicted molar refractivity (Wildman–Crippen MR) is 261 cm³/mol. The van der Waals surface area contributed by atoms with E-state index in [2.05, 4.69) is 41.5 Å². The van der Waals surface area contributed by atoms with E-state index in [4.69, 9.17) is 14.2 Å². The van der Waals surface area contributed by atoms with Crippen molar-refractivity contribution in [3.05, 3.63) is 0 Å². The van der Waals surface area contributed by atoms with E-state index < -0.39 is 12.2 Å². The first kappa shape index (κ1) is 54.3. The summed E-state index contributed by atoms with van der Waals surface area (Å²) in [7, 11) is 0. The van der Waals surface area contributed by atoms with Crippen LogP contribution < -0.4 is 0 Å². The fourth-order valence-corrected chi connectivity index (χ4v) is 20.3. The molecule has 0 spiro atoms. The zero-order valence-corrected chi connectivity index (χ0v) is 37.1. The monoisotopic (exact) mass is 913 g/mol. The first-order valence-electron chi connectivity index (χ1n) is 25.1. The lowest BCUT2D eigenvalue weighted by Gasteiger charge is -2.43. The maximum Gasteiger partial charge on any atom is 0.347 e. The summed E-state index contributed by atoms with van der Waals surface area (Å²) < 4.78 is 15.8. The second-order valence-corrected chi connectivity index (χ2v) is 24.1. The Kier molecular flexibility index (Phi) is 16.4. The van der Waals surface area contributed by atoms with E-state index in [1.54, 1.807) is 6.92 Å². The molecule has 0 radical (unpaired) electrons. The van der Waals surface area contributed by atoms with Crippen molar-refractivity contribution >= 4 is 17.9 Å². The molecule has 1 saturated heterocycles. The maximum absolute atomic E-state index is 12.6. The van der Waals surface area contributed by atoms with Crippen molar-refractivity contribution in [2.24, 2.45) is 154 Å². The summed E-state index contributed by atoms with van der Waals surface area (Å²) in [6.45, 7) is 16.9. The minimum atomic E-state index is -0.642. The topological polar surface area (TPSA) is 119 Å². The summed E-state index contributed by atoms with van der Waals surface area (Å²) in [6.07, 6.45) is 10.7. The quantitative estimate of drug-likeness (QED) is 0.159. The molecule has 0 amide bonds. The van der Waals surface area contributed by atoms with Crippen LogP contribution in [-0.4, -0.2) is 59.6 Å². The average molecular weight is 913 g/mol. The van der Waals surface area contributed by atoms with Gasteiger partial charge in [0.1, 0.15) is 6.61 Å². The lowest BCUT2D eigenvalue weighted by atomic mass is 9.62. The van der Waals surface area contributed by atoms with Crippen molar-refractivity contribution in [1.82, 2.24) is 0 Å². The lowest BCUT2D eigenvalue weighted by Crippen LogP contribution is -2.41. The molecule has 65 heavy (non-hydrogen) atoms. The number of aliphatic hydroxyl groups excluding tert-OH is 2. The van der Waals surface area contributed by atoms with Gasteiger partial charge in [-0.3, -0.25) is 9.59 Å². The van der Waals surface area contributed by atoms with E-state index in [0.29, 0.717) is 30.8 Å². The normalized spacial score (nSPS) is 53.7. The molecule has 12 bridgehead atoms. The molecule has 0 aromatic rings. The van der Waals surface area contributed by atoms with Gasteiger partial charge in [0.2, 0.25) is 6.10 Å². The van der Waals surface area contributed by atoms with Gasteiger partial charge in [0, 0.05) is 6.42 Å². The number of carbonyl (C=O) groups excluding carboxylic acids is 3. The Morgan fingerprint density at radius 1 is 0.538 bits per heavy atom. The molecule has 8 heteroatoms. The molecule has 1 heterocycles. The summed E-state index contributed by atoms with van der Waals surface area (Å²) in [4.78, 5) is 36.5. The Labute approximate surface area is 398 Å². The molecule has 13 aliphatic rings. The lowest BCUT2D eigenvalue weighted by molar-refractivity contribution is -0.166. The molecule has 8 nitrogen and oxygen atoms in total. The van der Waals surface area contributed by atoms with Crippen LogP contribution in [0.1, 0.15) is 157 Å². The van der Waals surface area contributed by atoms with Gasteiger partial charge in [-0.15, -0.1) is 0 Å². The molecule has 29 atom stereocenters. The van der Waals surface area contributed by atoms with Gasteiger partial charge < -0.3 is 24.4 Å². The van der Waals surface area contributed by atoms with Gasteiger partial charge in [0.25, 0.3) is 0 Å². The number of hydrogen-bond acceptors (Lipinski definition) is 8. The number of esters is 3. The van der Waals surface area contributed by atoms with Crippen LogP contribution in [0.2, 0.25) is 0 Å². The van der Waals surface area contributed by atoms with E-state index in [1.165, 1.54) is 38.5 Å². The van der Waals surface area contributed by atoms with Crippen molar-refractivity contribution in [2.45, 2.75) is 176 Å². The van der Waals surface area contributed by atoms with Crippen LogP contribution >= 0.6 is 0 Å². The summed E-state index contributed by atoms with van der Waals surface area (Å²) >= 11 is 0. The molecular formula is C57H100O8. The van der Waals surface area contributed by atoms with Crippen molar-refractivity contribution in [3.8, 4) is 0 Å². The van der Waals surface area contributed by atoms with Gasteiger partial charge in [0.15, 0.2) is 0 Å². The van der Waals surface area contributed by atoms with Crippen molar-refractivity contribution in [1.29, 1.82) is 0 Å². The van der Waals surface area contributed by atoms with Crippen molar-refractivity contribution in [2.75, 3.05) is 13.2 Å². The number of fused-ring (bicyclic) bond motifs is 27. The van der Waals surface area contributed by atoms with Crippen molar-refractivity contribution < 1.29 is 38.8 Å². The second kappa shape index (κ2) is 19.6. The highest BCUT2D eigenvalue weighted by atomic mass is 16.6. The maximum atomic E-state index is 12.6. The largest absolute Gasteiger partial charge is 0.463 e. The molecule has 12 aliphatic carbocycles. The molecule has 1 aliphatic heterocycles. The minimum absolute atomic E-state index is 0. The third kappa shape index (κ3) is 7.91. The average Bonchev–Trinajstić information content (AvgIpc) is 4.04. The highest BCUT2D eigenvalue weighted by Gasteiger charge is 2.69. The Hall–Kier alpha value is -1.67. The number of carbonyl (C=O) groups is 3. The molecule has 376 valence electrons. The van der Waals surface area contributed by atoms with Crippen LogP contribution in [0.5, 0.6) is 0 Å². The number of rotatable bonds is 5. The van der Waals surface area contributed by atoms with Crippen LogP contribution in [0.15, 0.2) is 0 Å². The molecule has 2 N–H and O–H groups in total. The summed E-state index contributed by atoms with van der Waals surface area (Å²) in [5.41, 5.74) is 0. The molecule has 13 fully saturated rings. The van der Waals surface area contributed by atoms with E-state index in [0.717, 1.165) is 144 Å². The van der Waals surface area contributed by atoms with Crippen LogP contribution in [0.25, 0.3) is 0 Å². The van der Waals surface area contributed by atoms with Gasteiger partial charge in [-0.1, -0.05) is 86.1 Å². The number of cyclic esters (lactones) is 1. The first-order valence-corrected chi connectivity index (χ1v) is 25.1.